The van der Waals surface area contributed by atoms with Gasteiger partial charge in [0.2, 0.25) is 5.91 Å². The first-order valence-corrected chi connectivity index (χ1v) is 14.3. The number of nitrogens with zero attached hydrogens (tertiary/aromatic N) is 5. The van der Waals surface area contributed by atoms with Gasteiger partial charge in [-0.3, -0.25) is 24.2 Å². The minimum Gasteiger partial charge on any atom is -0.444 e. The molecular weight excluding hydrogens is 514 g/mol. The summed E-state index contributed by atoms with van der Waals surface area (Å²) >= 11 is 0. The fraction of sp³-hybridized carbons (Fsp3) is 0.655. The maximum Gasteiger partial charge on any atom is 0.410 e. The van der Waals surface area contributed by atoms with Gasteiger partial charge in [-0.25, -0.2) is 4.79 Å². The van der Waals surface area contributed by atoms with E-state index in [9.17, 15) is 24.3 Å². The predicted molar refractivity (Wildman–Crippen MR) is 148 cm³/mol. The zero-order valence-corrected chi connectivity index (χ0v) is 24.0. The molecule has 11 heteroatoms. The average molecular weight is 556 g/mol. The normalized spacial score (nSPS) is 25.1. The SMILES string of the molecule is CN1C(=O)CCC(N2C(=O)c3ccc(N4CCN(CC5CCN(C(=O)OC(C)(C)C)CC5)CC4)cc3C2=O)C1O. The minimum atomic E-state index is -1.21. The lowest BCUT2D eigenvalue weighted by molar-refractivity contribution is -0.149. The van der Waals surface area contributed by atoms with Gasteiger partial charge in [0.25, 0.3) is 11.8 Å². The van der Waals surface area contributed by atoms with Gasteiger partial charge in [0, 0.05) is 65.0 Å². The molecule has 11 nitrogen and oxygen atoms in total. The smallest absolute Gasteiger partial charge is 0.410 e. The molecule has 1 aromatic carbocycles. The standard InChI is InChI=1S/C29H41N5O6/c1-29(2,3)40-28(39)33-11-9-19(10-12-33)18-31-13-15-32(16-14-31)20-5-6-21-22(17-20)26(37)34(25(21)36)23-7-8-24(35)30(4)27(23)38/h5-6,17,19,23,27,38H,7-16,18H2,1-4H3. The summed E-state index contributed by atoms with van der Waals surface area (Å²) in [5.41, 5.74) is 1.12. The lowest BCUT2D eigenvalue weighted by Gasteiger charge is -2.39. The Labute approximate surface area is 235 Å². The second kappa shape index (κ2) is 11.0. The number of hydrogen-bond acceptors (Lipinski definition) is 8. The van der Waals surface area contributed by atoms with Crippen LogP contribution in [0.3, 0.4) is 0 Å². The minimum absolute atomic E-state index is 0.185. The number of aliphatic hydroxyl groups excluding tert-OH is 1. The molecule has 0 spiro atoms. The van der Waals surface area contributed by atoms with Gasteiger partial charge in [-0.05, 0) is 64.2 Å². The van der Waals surface area contributed by atoms with Crippen molar-refractivity contribution in [1.82, 2.24) is 19.6 Å². The molecule has 0 bridgehead atoms. The van der Waals surface area contributed by atoms with Gasteiger partial charge in [0.1, 0.15) is 11.8 Å². The van der Waals surface area contributed by atoms with Crippen molar-refractivity contribution in [2.75, 3.05) is 57.8 Å². The van der Waals surface area contributed by atoms with Gasteiger partial charge in [0.05, 0.1) is 17.2 Å². The number of amides is 4. The molecule has 40 heavy (non-hydrogen) atoms. The van der Waals surface area contributed by atoms with Crippen LogP contribution in [0.1, 0.15) is 67.2 Å². The van der Waals surface area contributed by atoms with E-state index < -0.39 is 29.7 Å². The van der Waals surface area contributed by atoms with E-state index in [0.29, 0.717) is 17.0 Å². The summed E-state index contributed by atoms with van der Waals surface area (Å²) in [6.07, 6.45) is 0.942. The molecule has 1 N–H and O–H groups in total. The highest BCUT2D eigenvalue weighted by Gasteiger charge is 2.46. The molecule has 4 heterocycles. The van der Waals surface area contributed by atoms with Gasteiger partial charge < -0.3 is 24.5 Å². The third-order valence-electron chi connectivity index (χ3n) is 8.54. The Balaban J connectivity index is 1.14. The number of piperidine rings is 2. The molecule has 4 aliphatic rings. The zero-order valence-electron chi connectivity index (χ0n) is 24.0. The second-order valence-electron chi connectivity index (χ2n) is 12.4. The Kier molecular flexibility index (Phi) is 7.80. The predicted octanol–water partition coefficient (Wildman–Crippen LogP) is 1.99. The first-order chi connectivity index (χ1) is 18.9. The lowest BCUT2D eigenvalue weighted by atomic mass is 9.96. The first kappa shape index (κ1) is 28.4. The number of carbonyl (C=O) groups excluding carboxylic acids is 4. The summed E-state index contributed by atoms with van der Waals surface area (Å²) in [5, 5.41) is 10.6. The molecule has 3 fully saturated rings. The zero-order chi connectivity index (χ0) is 28.8. The fourth-order valence-corrected chi connectivity index (χ4v) is 6.19. The number of rotatable bonds is 4. The van der Waals surface area contributed by atoms with Crippen molar-refractivity contribution in [1.29, 1.82) is 0 Å². The molecular formula is C29H41N5O6. The number of aliphatic hydroxyl groups is 1. The summed E-state index contributed by atoms with van der Waals surface area (Å²) < 4.78 is 5.51. The van der Waals surface area contributed by atoms with Gasteiger partial charge >= 0.3 is 6.09 Å². The molecule has 2 unspecified atom stereocenters. The second-order valence-corrected chi connectivity index (χ2v) is 12.4. The van der Waals surface area contributed by atoms with E-state index in [1.54, 1.807) is 12.1 Å². The largest absolute Gasteiger partial charge is 0.444 e. The highest BCUT2D eigenvalue weighted by atomic mass is 16.6. The van der Waals surface area contributed by atoms with Gasteiger partial charge in [-0.15, -0.1) is 0 Å². The molecule has 5 rings (SSSR count). The molecule has 4 aliphatic heterocycles. The monoisotopic (exact) mass is 555 g/mol. The van der Waals surface area contributed by atoms with Crippen LogP contribution in [0.2, 0.25) is 0 Å². The number of ether oxygens (including phenoxy) is 1. The van der Waals surface area contributed by atoms with Crippen LogP contribution in [0.5, 0.6) is 0 Å². The Morgan fingerprint density at radius 2 is 1.60 bits per heavy atom. The molecule has 2 atom stereocenters. The Bertz CT molecular complexity index is 1170. The third kappa shape index (κ3) is 5.67. The van der Waals surface area contributed by atoms with E-state index in [1.165, 1.54) is 11.9 Å². The molecule has 0 aromatic heterocycles. The van der Waals surface area contributed by atoms with Crippen LogP contribution in [0.25, 0.3) is 0 Å². The average Bonchev–Trinajstić information content (AvgIpc) is 3.16. The number of fused-ring (bicyclic) bond motifs is 1. The van der Waals surface area contributed by atoms with E-state index in [1.807, 2.05) is 31.7 Å². The quantitative estimate of drug-likeness (QED) is 0.562. The van der Waals surface area contributed by atoms with E-state index in [-0.39, 0.29) is 24.8 Å². The maximum absolute atomic E-state index is 13.3. The van der Waals surface area contributed by atoms with Gasteiger partial charge in [-0.1, -0.05) is 0 Å². The highest BCUT2D eigenvalue weighted by Crippen LogP contribution is 2.33. The molecule has 218 valence electrons. The number of benzene rings is 1. The summed E-state index contributed by atoms with van der Waals surface area (Å²) in [6.45, 7) is 11.5. The van der Waals surface area contributed by atoms with Crippen molar-refractivity contribution in [2.24, 2.45) is 5.92 Å². The van der Waals surface area contributed by atoms with Crippen molar-refractivity contribution in [3.63, 3.8) is 0 Å². The number of hydrogen-bond donors (Lipinski definition) is 1. The number of anilines is 1. The van der Waals surface area contributed by atoms with Crippen LogP contribution in [0, 0.1) is 5.92 Å². The van der Waals surface area contributed by atoms with Crippen molar-refractivity contribution >= 4 is 29.5 Å². The topological polar surface area (TPSA) is 114 Å². The van der Waals surface area contributed by atoms with Crippen LogP contribution in [-0.4, -0.2) is 119 Å². The number of carbonyl (C=O) groups is 4. The Hall–Kier alpha value is -3.18. The Morgan fingerprint density at radius 1 is 0.950 bits per heavy atom. The summed E-state index contributed by atoms with van der Waals surface area (Å²) in [7, 11) is 1.49. The van der Waals surface area contributed by atoms with Crippen LogP contribution < -0.4 is 4.90 Å². The maximum atomic E-state index is 13.3. The van der Waals surface area contributed by atoms with Crippen molar-refractivity contribution in [3.05, 3.63) is 29.3 Å². The number of likely N-dealkylation sites (N-methyl/N-ethyl adjacent to an activating group) is 1. The number of imide groups is 1. The number of piperazine rings is 1. The first-order valence-electron chi connectivity index (χ1n) is 14.3. The summed E-state index contributed by atoms with van der Waals surface area (Å²) in [6, 6.07) is 4.64. The van der Waals surface area contributed by atoms with Crippen LogP contribution in [0.4, 0.5) is 10.5 Å². The van der Waals surface area contributed by atoms with Crippen molar-refractivity contribution < 1.29 is 29.0 Å². The van der Waals surface area contributed by atoms with E-state index >= 15 is 0 Å². The molecule has 0 saturated carbocycles. The van der Waals surface area contributed by atoms with Crippen LogP contribution in [-0.2, 0) is 9.53 Å². The Morgan fingerprint density at radius 3 is 2.25 bits per heavy atom. The van der Waals surface area contributed by atoms with Gasteiger partial charge in [0.15, 0.2) is 0 Å². The molecule has 3 saturated heterocycles. The van der Waals surface area contributed by atoms with Crippen molar-refractivity contribution in [2.45, 2.75) is 64.3 Å². The molecule has 1 aromatic rings. The van der Waals surface area contributed by atoms with Crippen LogP contribution in [0.15, 0.2) is 18.2 Å². The van der Waals surface area contributed by atoms with E-state index in [0.717, 1.165) is 69.2 Å². The van der Waals surface area contributed by atoms with Gasteiger partial charge in [-0.2, -0.15) is 0 Å². The number of likely N-dealkylation sites (tertiary alicyclic amines) is 2. The molecule has 4 amide bonds. The van der Waals surface area contributed by atoms with Crippen molar-refractivity contribution in [3.8, 4) is 0 Å². The van der Waals surface area contributed by atoms with Crippen LogP contribution >= 0.6 is 0 Å². The highest BCUT2D eigenvalue weighted by molar-refractivity contribution is 6.22. The van der Waals surface area contributed by atoms with E-state index in [2.05, 4.69) is 9.80 Å². The summed E-state index contributed by atoms with van der Waals surface area (Å²) in [5.74, 6) is -0.483. The fourth-order valence-electron chi connectivity index (χ4n) is 6.19. The summed E-state index contributed by atoms with van der Waals surface area (Å²) in [4.78, 5) is 59.6. The lowest BCUT2D eigenvalue weighted by Crippen LogP contribution is -2.57. The molecule has 0 radical (unpaired) electrons. The molecule has 0 aliphatic carbocycles. The van der Waals surface area contributed by atoms with E-state index in [4.69, 9.17) is 4.74 Å². The third-order valence-corrected chi connectivity index (χ3v) is 8.54.